The summed E-state index contributed by atoms with van der Waals surface area (Å²) in [5.74, 6) is 2.70. The summed E-state index contributed by atoms with van der Waals surface area (Å²) in [7, 11) is 0. The zero-order chi connectivity index (χ0) is 14.2. The zero-order valence-electron chi connectivity index (χ0n) is 12.1. The minimum Gasteiger partial charge on any atom is -0.472 e. The van der Waals surface area contributed by atoms with E-state index in [1.807, 2.05) is 6.07 Å². The first-order valence-corrected chi connectivity index (χ1v) is 7.51. The maximum absolute atomic E-state index is 6.17. The van der Waals surface area contributed by atoms with Gasteiger partial charge in [0.2, 0.25) is 0 Å². The topological polar surface area (TPSA) is 26.3 Å². The van der Waals surface area contributed by atoms with Crippen LogP contribution in [0.25, 0.3) is 11.3 Å². The second-order valence-corrected chi connectivity index (χ2v) is 5.82. The van der Waals surface area contributed by atoms with Gasteiger partial charge in [0.15, 0.2) is 0 Å². The molecular weight excluding hydrogens is 260 g/mol. The number of hydrogen-bond acceptors (Lipinski definition) is 2. The Labute approximate surface area is 124 Å². The molecule has 21 heavy (non-hydrogen) atoms. The first-order valence-electron chi connectivity index (χ1n) is 7.51. The van der Waals surface area contributed by atoms with Crippen LogP contribution in [0.3, 0.4) is 0 Å². The lowest BCUT2D eigenvalue weighted by Gasteiger charge is -2.21. The molecule has 2 aromatic heterocycles. The van der Waals surface area contributed by atoms with E-state index >= 15 is 0 Å². The molecular formula is C19H18O2. The van der Waals surface area contributed by atoms with Crippen LogP contribution >= 0.6 is 0 Å². The average molecular weight is 278 g/mol. The molecule has 0 N–H and O–H groups in total. The number of furan rings is 2. The fourth-order valence-corrected chi connectivity index (χ4v) is 3.42. The first kappa shape index (κ1) is 12.5. The Morgan fingerprint density at radius 1 is 1.10 bits per heavy atom. The third kappa shape index (κ3) is 2.11. The molecule has 2 heterocycles. The molecule has 106 valence electrons. The molecule has 0 fully saturated rings. The van der Waals surface area contributed by atoms with Gasteiger partial charge in [0.1, 0.15) is 17.8 Å². The number of benzene rings is 1. The highest BCUT2D eigenvalue weighted by Gasteiger charge is 2.27. The first-order chi connectivity index (χ1) is 10.3. The molecule has 1 aliphatic rings. The van der Waals surface area contributed by atoms with Crippen molar-refractivity contribution in [2.24, 2.45) is 0 Å². The predicted molar refractivity (Wildman–Crippen MR) is 82.4 cm³/mol. The van der Waals surface area contributed by atoms with Crippen LogP contribution in [0.15, 0.2) is 57.8 Å². The molecule has 1 atom stereocenters. The van der Waals surface area contributed by atoms with E-state index in [1.54, 1.807) is 12.5 Å². The van der Waals surface area contributed by atoms with Crippen molar-refractivity contribution < 1.29 is 8.83 Å². The summed E-state index contributed by atoms with van der Waals surface area (Å²) in [6, 6.07) is 12.7. The molecule has 2 heteroatoms. The molecule has 1 unspecified atom stereocenters. The molecule has 0 amide bonds. The molecule has 2 nitrogen and oxygen atoms in total. The highest BCUT2D eigenvalue weighted by molar-refractivity contribution is 5.62. The van der Waals surface area contributed by atoms with Gasteiger partial charge in [-0.2, -0.15) is 0 Å². The highest BCUT2D eigenvalue weighted by Crippen LogP contribution is 2.39. The molecule has 0 saturated carbocycles. The van der Waals surface area contributed by atoms with Crippen LogP contribution < -0.4 is 0 Å². The zero-order valence-corrected chi connectivity index (χ0v) is 12.1. The van der Waals surface area contributed by atoms with Gasteiger partial charge >= 0.3 is 0 Å². The van der Waals surface area contributed by atoms with Gasteiger partial charge in [-0.25, -0.2) is 0 Å². The monoisotopic (exact) mass is 278 g/mol. The molecule has 0 saturated heterocycles. The van der Waals surface area contributed by atoms with Gasteiger partial charge < -0.3 is 8.83 Å². The van der Waals surface area contributed by atoms with Crippen LogP contribution in [0.5, 0.6) is 0 Å². The molecule has 0 spiro atoms. The molecule has 0 aliphatic heterocycles. The highest BCUT2D eigenvalue weighted by atomic mass is 16.3. The van der Waals surface area contributed by atoms with Gasteiger partial charge in [-0.3, -0.25) is 0 Å². The Hall–Kier alpha value is -2.22. The van der Waals surface area contributed by atoms with Crippen molar-refractivity contribution >= 4 is 0 Å². The van der Waals surface area contributed by atoms with Gasteiger partial charge in [0.05, 0.1) is 11.8 Å². The lowest BCUT2D eigenvalue weighted by atomic mass is 9.82. The molecule has 3 aromatic rings. The second kappa shape index (κ2) is 4.96. The summed E-state index contributed by atoms with van der Waals surface area (Å²) in [6.07, 6.45) is 6.75. The average Bonchev–Trinajstić information content (AvgIpc) is 3.16. The van der Waals surface area contributed by atoms with E-state index in [1.165, 1.54) is 23.1 Å². The van der Waals surface area contributed by atoms with E-state index in [4.69, 9.17) is 8.83 Å². The minimum absolute atomic E-state index is 0.571. The fourth-order valence-electron chi connectivity index (χ4n) is 3.42. The summed E-state index contributed by atoms with van der Waals surface area (Å²) in [5, 5.41) is 0. The van der Waals surface area contributed by atoms with Crippen molar-refractivity contribution in [3.8, 4) is 11.3 Å². The van der Waals surface area contributed by atoms with Crippen molar-refractivity contribution in [1.82, 2.24) is 0 Å². The fraction of sp³-hybridized carbons (Fsp3) is 0.263. The van der Waals surface area contributed by atoms with Crippen molar-refractivity contribution in [1.29, 1.82) is 0 Å². The smallest absolute Gasteiger partial charge is 0.140 e. The van der Waals surface area contributed by atoms with Crippen molar-refractivity contribution in [2.45, 2.75) is 32.1 Å². The quantitative estimate of drug-likeness (QED) is 0.650. The molecule has 0 bridgehead atoms. The van der Waals surface area contributed by atoms with Crippen LogP contribution in [-0.2, 0) is 12.8 Å². The van der Waals surface area contributed by atoms with Crippen LogP contribution in [0.4, 0.5) is 0 Å². The van der Waals surface area contributed by atoms with Gasteiger partial charge in [-0.15, -0.1) is 0 Å². The van der Waals surface area contributed by atoms with Gasteiger partial charge in [0, 0.05) is 6.42 Å². The van der Waals surface area contributed by atoms with Crippen LogP contribution in [0.2, 0.25) is 0 Å². The van der Waals surface area contributed by atoms with Crippen molar-refractivity contribution in [3.05, 3.63) is 71.4 Å². The Balaban J connectivity index is 1.69. The lowest BCUT2D eigenvalue weighted by molar-refractivity contribution is 0.457. The van der Waals surface area contributed by atoms with E-state index in [2.05, 4.69) is 37.3 Å². The van der Waals surface area contributed by atoms with Gasteiger partial charge in [-0.05, 0) is 48.4 Å². The minimum atomic E-state index is 0.571. The number of fused-ring (bicyclic) bond motifs is 1. The Bertz CT molecular complexity index is 735. The summed E-state index contributed by atoms with van der Waals surface area (Å²) < 4.78 is 11.4. The van der Waals surface area contributed by atoms with Crippen molar-refractivity contribution in [3.63, 3.8) is 0 Å². The summed E-state index contributed by atoms with van der Waals surface area (Å²) in [4.78, 5) is 0. The summed E-state index contributed by atoms with van der Waals surface area (Å²) in [6.45, 7) is 2.16. The Morgan fingerprint density at radius 3 is 2.71 bits per heavy atom. The Morgan fingerprint density at radius 2 is 1.95 bits per heavy atom. The van der Waals surface area contributed by atoms with E-state index in [9.17, 15) is 0 Å². The molecule has 1 aromatic carbocycles. The van der Waals surface area contributed by atoms with Crippen LogP contribution in [0.1, 0.15) is 34.8 Å². The maximum Gasteiger partial charge on any atom is 0.140 e. The normalized spacial score (nSPS) is 17.7. The van der Waals surface area contributed by atoms with E-state index < -0.39 is 0 Å². The van der Waals surface area contributed by atoms with Crippen LogP contribution in [-0.4, -0.2) is 0 Å². The third-order valence-electron chi connectivity index (χ3n) is 4.58. The van der Waals surface area contributed by atoms with Crippen molar-refractivity contribution in [2.75, 3.05) is 0 Å². The third-order valence-corrected chi connectivity index (χ3v) is 4.58. The van der Waals surface area contributed by atoms with E-state index in [0.29, 0.717) is 5.92 Å². The maximum atomic E-state index is 6.17. The van der Waals surface area contributed by atoms with Crippen LogP contribution in [0, 0.1) is 6.92 Å². The standard InChI is InChI=1S/C19H18O2/c1-13-17-8-7-15(14-5-3-2-4-6-14)11-18(17)21-19(13)16-9-10-20-12-16/h2-6,9-10,12,15H,7-8,11H2,1H3. The Kier molecular flexibility index (Phi) is 2.95. The summed E-state index contributed by atoms with van der Waals surface area (Å²) in [5.41, 5.74) is 5.14. The molecule has 0 radical (unpaired) electrons. The van der Waals surface area contributed by atoms with Gasteiger partial charge in [-0.1, -0.05) is 30.3 Å². The SMILES string of the molecule is Cc1c(-c2ccoc2)oc2c1CCC(c1ccccc1)C2. The molecule has 1 aliphatic carbocycles. The summed E-state index contributed by atoms with van der Waals surface area (Å²) >= 11 is 0. The van der Waals surface area contributed by atoms with E-state index in [0.717, 1.165) is 29.9 Å². The van der Waals surface area contributed by atoms with E-state index in [-0.39, 0.29) is 0 Å². The predicted octanol–water partition coefficient (Wildman–Crippen LogP) is 5.12. The number of hydrogen-bond donors (Lipinski definition) is 0. The van der Waals surface area contributed by atoms with Gasteiger partial charge in [0.25, 0.3) is 0 Å². The number of rotatable bonds is 2. The largest absolute Gasteiger partial charge is 0.472 e. The lowest BCUT2D eigenvalue weighted by Crippen LogP contribution is -2.11. The second-order valence-electron chi connectivity index (χ2n) is 5.82. The molecule has 4 rings (SSSR count).